The van der Waals surface area contributed by atoms with Gasteiger partial charge in [-0.3, -0.25) is 0 Å². The highest BCUT2D eigenvalue weighted by molar-refractivity contribution is 5.86. The fourth-order valence-corrected chi connectivity index (χ4v) is 1.99. The molecule has 0 saturated carbocycles. The number of rotatable bonds is 8. The fourth-order valence-electron chi connectivity index (χ4n) is 1.99. The van der Waals surface area contributed by atoms with Crippen LogP contribution in [0.4, 0.5) is 0 Å². The zero-order valence-electron chi connectivity index (χ0n) is 13.6. The van der Waals surface area contributed by atoms with Gasteiger partial charge in [-0.15, -0.1) is 0 Å². The van der Waals surface area contributed by atoms with E-state index in [-0.39, 0.29) is 32.3 Å². The molecule has 0 spiro atoms. The van der Waals surface area contributed by atoms with Crippen LogP contribution in [0.3, 0.4) is 0 Å². The van der Waals surface area contributed by atoms with E-state index in [9.17, 15) is 9.59 Å². The molecule has 1 aromatic carbocycles. The van der Waals surface area contributed by atoms with Crippen molar-refractivity contribution < 1.29 is 28.5 Å². The number of hydrogen-bond donors (Lipinski definition) is 0. The third-order valence-electron chi connectivity index (χ3n) is 2.95. The molecule has 0 saturated heterocycles. The van der Waals surface area contributed by atoms with Gasteiger partial charge >= 0.3 is 11.9 Å². The van der Waals surface area contributed by atoms with Gasteiger partial charge in [0.05, 0.1) is 18.7 Å². The molecule has 0 bridgehead atoms. The van der Waals surface area contributed by atoms with E-state index < -0.39 is 11.9 Å². The van der Waals surface area contributed by atoms with Gasteiger partial charge < -0.3 is 18.9 Å². The van der Waals surface area contributed by atoms with Gasteiger partial charge in [0, 0.05) is 11.5 Å². The number of benzene rings is 1. The quantitative estimate of drug-likeness (QED) is 0.684. The molecule has 0 fully saturated rings. The van der Waals surface area contributed by atoms with Crippen LogP contribution < -0.4 is 9.47 Å². The zero-order valence-corrected chi connectivity index (χ0v) is 13.6. The maximum Gasteiger partial charge on any atom is 0.344 e. The Balaban J connectivity index is 2.17. The van der Waals surface area contributed by atoms with Gasteiger partial charge in [0.25, 0.3) is 0 Å². The minimum absolute atomic E-state index is 0.209. The Kier molecular flexibility index (Phi) is 6.36. The van der Waals surface area contributed by atoms with E-state index in [4.69, 9.17) is 18.9 Å². The van der Waals surface area contributed by atoms with Gasteiger partial charge in [-0.2, -0.15) is 0 Å². The van der Waals surface area contributed by atoms with Crippen molar-refractivity contribution in [2.75, 3.05) is 26.4 Å². The maximum absolute atomic E-state index is 11.5. The smallest absolute Gasteiger partial charge is 0.344 e. The van der Waals surface area contributed by atoms with Crippen LogP contribution in [0.15, 0.2) is 30.3 Å². The van der Waals surface area contributed by atoms with Crippen LogP contribution >= 0.6 is 0 Å². The number of aromatic nitrogens is 1. The van der Waals surface area contributed by atoms with Crippen LogP contribution in [0.5, 0.6) is 11.6 Å². The lowest BCUT2D eigenvalue weighted by atomic mass is 10.2. The number of hydrogen-bond acceptors (Lipinski definition) is 7. The number of fused-ring (bicyclic) bond motifs is 1. The summed E-state index contributed by atoms with van der Waals surface area (Å²) in [6.45, 7) is 3.53. The van der Waals surface area contributed by atoms with Gasteiger partial charge in [0.15, 0.2) is 13.2 Å². The standard InChI is InChI=1S/C17H19NO6/c1-3-21-16(19)10-23-14-9-15(24-11-17(20)22-4-2)18-13-8-6-5-7-12(13)14/h5-9H,3-4,10-11H2,1-2H3. The molecule has 0 aliphatic heterocycles. The highest BCUT2D eigenvalue weighted by atomic mass is 16.6. The number of para-hydroxylation sites is 1. The molecule has 0 aliphatic rings. The van der Waals surface area contributed by atoms with Crippen molar-refractivity contribution in [1.29, 1.82) is 0 Å². The van der Waals surface area contributed by atoms with Crippen LogP contribution in [-0.4, -0.2) is 43.4 Å². The van der Waals surface area contributed by atoms with Gasteiger partial charge in [-0.05, 0) is 26.0 Å². The molecule has 2 rings (SSSR count). The molecule has 2 aromatic rings. The molecular weight excluding hydrogens is 314 g/mol. The minimum Gasteiger partial charge on any atom is -0.481 e. The number of nitrogens with zero attached hydrogens (tertiary/aromatic N) is 1. The van der Waals surface area contributed by atoms with Crippen molar-refractivity contribution in [3.05, 3.63) is 30.3 Å². The second-order valence-corrected chi connectivity index (χ2v) is 4.66. The summed E-state index contributed by atoms with van der Waals surface area (Å²) in [5.41, 5.74) is 0.623. The Morgan fingerprint density at radius 3 is 2.25 bits per heavy atom. The Labute approximate surface area is 139 Å². The second-order valence-electron chi connectivity index (χ2n) is 4.66. The fraction of sp³-hybridized carbons (Fsp3) is 0.353. The Bertz CT molecular complexity index is 715. The summed E-state index contributed by atoms with van der Waals surface area (Å²) in [7, 11) is 0. The van der Waals surface area contributed by atoms with Gasteiger partial charge in [0.1, 0.15) is 5.75 Å². The number of ether oxygens (including phenoxy) is 4. The topological polar surface area (TPSA) is 84.0 Å². The molecule has 1 heterocycles. The molecule has 0 N–H and O–H groups in total. The molecule has 1 aromatic heterocycles. The van der Waals surface area contributed by atoms with E-state index in [0.29, 0.717) is 11.3 Å². The number of carbonyl (C=O) groups excluding carboxylic acids is 2. The van der Waals surface area contributed by atoms with Crippen molar-refractivity contribution in [2.24, 2.45) is 0 Å². The molecule has 24 heavy (non-hydrogen) atoms. The van der Waals surface area contributed by atoms with E-state index in [1.54, 1.807) is 19.9 Å². The Morgan fingerprint density at radius 1 is 0.958 bits per heavy atom. The second kappa shape index (κ2) is 8.71. The first-order valence-electron chi connectivity index (χ1n) is 7.60. The summed E-state index contributed by atoms with van der Waals surface area (Å²) in [6, 6.07) is 8.78. The molecule has 0 atom stereocenters. The van der Waals surface area contributed by atoms with E-state index in [0.717, 1.165) is 5.39 Å². The van der Waals surface area contributed by atoms with Gasteiger partial charge in [-0.25, -0.2) is 14.6 Å². The molecule has 0 unspecified atom stereocenters. The first-order chi connectivity index (χ1) is 11.6. The van der Waals surface area contributed by atoms with Crippen molar-refractivity contribution in [2.45, 2.75) is 13.8 Å². The van der Waals surface area contributed by atoms with Crippen molar-refractivity contribution in [3.63, 3.8) is 0 Å². The molecule has 7 nitrogen and oxygen atoms in total. The average molecular weight is 333 g/mol. The van der Waals surface area contributed by atoms with Gasteiger partial charge in [-0.1, -0.05) is 12.1 Å². The molecule has 0 amide bonds. The molecule has 0 radical (unpaired) electrons. The summed E-state index contributed by atoms with van der Waals surface area (Å²) >= 11 is 0. The van der Waals surface area contributed by atoms with Crippen LogP contribution in [0.1, 0.15) is 13.8 Å². The first kappa shape index (κ1) is 17.5. The van der Waals surface area contributed by atoms with Crippen LogP contribution in [0, 0.1) is 0 Å². The van der Waals surface area contributed by atoms with Crippen LogP contribution in [-0.2, 0) is 19.1 Å². The summed E-state index contributed by atoms with van der Waals surface area (Å²) < 4.78 is 20.5. The SMILES string of the molecule is CCOC(=O)COc1cc(OCC(=O)OCC)c2ccccc2n1. The molecule has 0 aliphatic carbocycles. The normalized spacial score (nSPS) is 10.2. The van der Waals surface area contributed by atoms with E-state index in [2.05, 4.69) is 4.98 Å². The lowest BCUT2D eigenvalue weighted by Gasteiger charge is -2.11. The third-order valence-corrected chi connectivity index (χ3v) is 2.95. The summed E-state index contributed by atoms with van der Waals surface area (Å²) in [6.07, 6.45) is 0. The average Bonchev–Trinajstić information content (AvgIpc) is 2.58. The number of pyridine rings is 1. The Morgan fingerprint density at radius 2 is 1.58 bits per heavy atom. The summed E-state index contributed by atoms with van der Waals surface area (Å²) in [4.78, 5) is 27.2. The van der Waals surface area contributed by atoms with E-state index in [1.807, 2.05) is 18.2 Å². The van der Waals surface area contributed by atoms with Crippen LogP contribution in [0.25, 0.3) is 10.9 Å². The van der Waals surface area contributed by atoms with Crippen molar-refractivity contribution in [1.82, 2.24) is 4.98 Å². The Hall–Kier alpha value is -2.83. The first-order valence-corrected chi connectivity index (χ1v) is 7.60. The third kappa shape index (κ3) is 4.84. The number of esters is 2. The molecule has 7 heteroatoms. The maximum atomic E-state index is 11.5. The predicted octanol–water partition coefficient (Wildman–Crippen LogP) is 2.12. The molecule has 128 valence electrons. The number of carbonyl (C=O) groups is 2. The van der Waals surface area contributed by atoms with Crippen molar-refractivity contribution in [3.8, 4) is 11.6 Å². The highest BCUT2D eigenvalue weighted by Gasteiger charge is 2.11. The molecular formula is C17H19NO6. The zero-order chi connectivity index (χ0) is 17.4. The van der Waals surface area contributed by atoms with E-state index in [1.165, 1.54) is 6.07 Å². The highest BCUT2D eigenvalue weighted by Crippen LogP contribution is 2.28. The summed E-state index contributed by atoms with van der Waals surface area (Å²) in [5.74, 6) is -0.318. The van der Waals surface area contributed by atoms with Gasteiger partial charge in [0.2, 0.25) is 5.88 Å². The monoisotopic (exact) mass is 333 g/mol. The largest absolute Gasteiger partial charge is 0.481 e. The van der Waals surface area contributed by atoms with E-state index >= 15 is 0 Å². The van der Waals surface area contributed by atoms with Crippen molar-refractivity contribution >= 4 is 22.8 Å². The lowest BCUT2D eigenvalue weighted by molar-refractivity contribution is -0.146. The predicted molar refractivity (Wildman–Crippen MR) is 86.0 cm³/mol. The van der Waals surface area contributed by atoms with Crippen LogP contribution in [0.2, 0.25) is 0 Å². The lowest BCUT2D eigenvalue weighted by Crippen LogP contribution is -2.16. The summed E-state index contributed by atoms with van der Waals surface area (Å²) in [5, 5.41) is 0.727. The minimum atomic E-state index is -0.485.